The van der Waals surface area contributed by atoms with E-state index in [0.29, 0.717) is 25.0 Å². The van der Waals surface area contributed by atoms with Crippen molar-refractivity contribution in [3.05, 3.63) is 24.0 Å². The summed E-state index contributed by atoms with van der Waals surface area (Å²) in [5.41, 5.74) is 3.14. The van der Waals surface area contributed by atoms with Crippen LogP contribution in [0.5, 0.6) is 5.88 Å². The van der Waals surface area contributed by atoms with Gasteiger partial charge in [-0.25, -0.2) is 15.0 Å². The van der Waals surface area contributed by atoms with Gasteiger partial charge in [0.05, 0.1) is 37.3 Å². The van der Waals surface area contributed by atoms with E-state index in [9.17, 15) is 0 Å². The Labute approximate surface area is 188 Å². The van der Waals surface area contributed by atoms with Crippen LogP contribution in [-0.2, 0) is 14.2 Å². The number of pyridine rings is 1. The molecule has 0 atom stereocenters. The first-order valence-electron chi connectivity index (χ1n) is 11.9. The van der Waals surface area contributed by atoms with Gasteiger partial charge in [0, 0.05) is 50.2 Å². The average molecular weight is 441 g/mol. The third-order valence-electron chi connectivity index (χ3n) is 6.44. The molecule has 0 saturated carbocycles. The number of nitrogens with zero attached hydrogens (tertiary/aromatic N) is 3. The number of unbranched alkanes of at least 4 members (excludes halogenated alkanes) is 1. The molecule has 1 aliphatic carbocycles. The summed E-state index contributed by atoms with van der Waals surface area (Å²) in [5, 5.41) is 4.20. The number of anilines is 1. The number of rotatable bonds is 7. The van der Waals surface area contributed by atoms with Gasteiger partial charge >= 0.3 is 0 Å². The maximum absolute atomic E-state index is 6.27. The lowest BCUT2D eigenvalue weighted by molar-refractivity contribution is -0.159. The fourth-order valence-electron chi connectivity index (χ4n) is 4.55. The van der Waals surface area contributed by atoms with Crippen molar-refractivity contribution in [1.29, 1.82) is 0 Å². The molecule has 5 rings (SSSR count). The van der Waals surface area contributed by atoms with Gasteiger partial charge in [-0.15, -0.1) is 0 Å². The second-order valence-corrected chi connectivity index (χ2v) is 8.68. The molecule has 0 radical (unpaired) electrons. The molecule has 2 aromatic rings. The zero-order chi connectivity index (χ0) is 21.8. The number of fused-ring (bicyclic) bond motifs is 1. The van der Waals surface area contributed by atoms with Crippen molar-refractivity contribution in [2.24, 2.45) is 0 Å². The number of hydrogen-bond acceptors (Lipinski definition) is 8. The van der Waals surface area contributed by atoms with Crippen molar-refractivity contribution in [3.63, 3.8) is 0 Å². The molecule has 2 fully saturated rings. The molecular formula is C24H32N4O4. The van der Waals surface area contributed by atoms with Crippen LogP contribution < -0.4 is 10.1 Å². The van der Waals surface area contributed by atoms with Crippen molar-refractivity contribution in [2.45, 2.75) is 63.8 Å². The molecule has 1 spiro atoms. The second kappa shape index (κ2) is 9.68. The maximum atomic E-state index is 6.27. The molecule has 8 nitrogen and oxygen atoms in total. The molecule has 0 amide bonds. The van der Waals surface area contributed by atoms with E-state index >= 15 is 0 Å². The lowest BCUT2D eigenvalue weighted by atomic mass is 9.89. The predicted molar refractivity (Wildman–Crippen MR) is 122 cm³/mol. The molecule has 0 aromatic carbocycles. The molecule has 8 heteroatoms. The van der Waals surface area contributed by atoms with Crippen LogP contribution in [0.4, 0.5) is 5.95 Å². The first kappa shape index (κ1) is 21.6. The summed E-state index contributed by atoms with van der Waals surface area (Å²) in [6.07, 6.45) is 12.5. The van der Waals surface area contributed by atoms with E-state index in [1.54, 1.807) is 0 Å². The lowest BCUT2D eigenvalue weighted by Crippen LogP contribution is -2.31. The molecule has 3 aliphatic rings. The van der Waals surface area contributed by atoms with Gasteiger partial charge in [-0.3, -0.25) is 0 Å². The van der Waals surface area contributed by atoms with E-state index in [4.69, 9.17) is 28.9 Å². The first-order chi connectivity index (χ1) is 15.8. The Balaban J connectivity index is 1.47. The highest BCUT2D eigenvalue weighted by Crippen LogP contribution is 2.40. The Morgan fingerprint density at radius 2 is 1.97 bits per heavy atom. The highest BCUT2D eigenvalue weighted by Gasteiger charge is 2.38. The van der Waals surface area contributed by atoms with Crippen LogP contribution in [-0.4, -0.2) is 59.8 Å². The number of allylic oxidation sites excluding steroid dienone is 1. The van der Waals surface area contributed by atoms with E-state index < -0.39 is 5.79 Å². The van der Waals surface area contributed by atoms with E-state index in [2.05, 4.69) is 23.3 Å². The van der Waals surface area contributed by atoms with Crippen LogP contribution in [0, 0.1) is 0 Å². The van der Waals surface area contributed by atoms with E-state index in [-0.39, 0.29) is 6.10 Å². The molecule has 0 bridgehead atoms. The summed E-state index contributed by atoms with van der Waals surface area (Å²) in [6, 6.07) is 0. The lowest BCUT2D eigenvalue weighted by Gasteiger charge is -2.31. The molecule has 32 heavy (non-hydrogen) atoms. The van der Waals surface area contributed by atoms with Gasteiger partial charge in [0.1, 0.15) is 6.10 Å². The van der Waals surface area contributed by atoms with Crippen molar-refractivity contribution < 1.29 is 18.9 Å². The molecule has 2 aromatic heterocycles. The summed E-state index contributed by atoms with van der Waals surface area (Å²) in [4.78, 5) is 14.1. The quantitative estimate of drug-likeness (QED) is 0.644. The highest BCUT2D eigenvalue weighted by atomic mass is 16.7. The summed E-state index contributed by atoms with van der Waals surface area (Å²) in [7, 11) is 0. The van der Waals surface area contributed by atoms with E-state index in [0.717, 1.165) is 81.2 Å². The minimum absolute atomic E-state index is 0.109. The topological polar surface area (TPSA) is 87.6 Å². The van der Waals surface area contributed by atoms with E-state index in [1.165, 1.54) is 5.57 Å². The molecule has 2 saturated heterocycles. The summed E-state index contributed by atoms with van der Waals surface area (Å²) in [5.74, 6) is 0.803. The van der Waals surface area contributed by atoms with E-state index in [1.807, 2.05) is 12.4 Å². The number of ether oxygens (including phenoxy) is 4. The summed E-state index contributed by atoms with van der Waals surface area (Å²) >= 11 is 0. The van der Waals surface area contributed by atoms with Gasteiger partial charge in [-0.1, -0.05) is 19.4 Å². The molecule has 4 heterocycles. The van der Waals surface area contributed by atoms with Crippen LogP contribution in [0.15, 0.2) is 18.5 Å². The zero-order valence-electron chi connectivity index (χ0n) is 18.8. The Hall–Kier alpha value is -2.29. The van der Waals surface area contributed by atoms with Gasteiger partial charge in [-0.05, 0) is 18.4 Å². The summed E-state index contributed by atoms with van der Waals surface area (Å²) < 4.78 is 23.5. The van der Waals surface area contributed by atoms with Gasteiger partial charge in [0.2, 0.25) is 11.8 Å². The van der Waals surface area contributed by atoms with Gasteiger partial charge in [-0.2, -0.15) is 0 Å². The smallest absolute Gasteiger partial charge is 0.224 e. The van der Waals surface area contributed by atoms with Crippen LogP contribution in [0.25, 0.3) is 16.5 Å². The molecule has 172 valence electrons. The van der Waals surface area contributed by atoms with Gasteiger partial charge < -0.3 is 24.3 Å². The predicted octanol–water partition coefficient (Wildman–Crippen LogP) is 4.11. The number of aromatic nitrogens is 3. The maximum Gasteiger partial charge on any atom is 0.224 e. The Bertz CT molecular complexity index is 968. The SMILES string of the molecule is CCCCNc1ncc2c(OC3CCOCC3)ncc(C3=CCC4(CC3)OCCO4)c2n1. The molecule has 2 aliphatic heterocycles. The van der Waals surface area contributed by atoms with Crippen molar-refractivity contribution >= 4 is 22.4 Å². The number of nitrogens with one attached hydrogen (secondary N) is 1. The van der Waals surface area contributed by atoms with Crippen LogP contribution in [0.2, 0.25) is 0 Å². The molecular weight excluding hydrogens is 408 g/mol. The third kappa shape index (κ3) is 4.58. The molecule has 0 unspecified atom stereocenters. The summed E-state index contributed by atoms with van der Waals surface area (Å²) in [6.45, 7) is 5.82. The van der Waals surface area contributed by atoms with Crippen LogP contribution >= 0.6 is 0 Å². The van der Waals surface area contributed by atoms with Crippen LogP contribution in [0.3, 0.4) is 0 Å². The largest absolute Gasteiger partial charge is 0.474 e. The van der Waals surface area contributed by atoms with Gasteiger partial charge in [0.25, 0.3) is 0 Å². The normalized spacial score (nSPS) is 21.1. The first-order valence-corrected chi connectivity index (χ1v) is 11.9. The standard InChI is InChI=1S/C24H32N4O4/c1-2-3-10-25-23-27-16-20-21(28-23)19(15-26-22(20)32-18-6-11-29-12-7-18)17-4-8-24(9-5-17)30-13-14-31-24/h4,15-16,18H,2-3,5-14H2,1H3,(H,25,27,28). The minimum atomic E-state index is -0.444. The van der Waals surface area contributed by atoms with Crippen molar-refractivity contribution in [2.75, 3.05) is 38.3 Å². The Morgan fingerprint density at radius 3 is 2.72 bits per heavy atom. The highest BCUT2D eigenvalue weighted by molar-refractivity contribution is 5.93. The van der Waals surface area contributed by atoms with Crippen molar-refractivity contribution in [3.8, 4) is 5.88 Å². The number of hydrogen-bond donors (Lipinski definition) is 1. The monoisotopic (exact) mass is 440 g/mol. The minimum Gasteiger partial charge on any atom is -0.474 e. The average Bonchev–Trinajstić information content (AvgIpc) is 3.29. The van der Waals surface area contributed by atoms with Crippen molar-refractivity contribution in [1.82, 2.24) is 15.0 Å². The second-order valence-electron chi connectivity index (χ2n) is 8.68. The van der Waals surface area contributed by atoms with Gasteiger partial charge in [0.15, 0.2) is 5.79 Å². The Kier molecular flexibility index (Phi) is 6.52. The zero-order valence-corrected chi connectivity index (χ0v) is 18.8. The molecule has 1 N–H and O–H groups in total. The fraction of sp³-hybridized carbons (Fsp3) is 0.625. The van der Waals surface area contributed by atoms with Crippen LogP contribution in [0.1, 0.15) is 57.4 Å². The Morgan fingerprint density at radius 1 is 1.12 bits per heavy atom. The third-order valence-corrected chi connectivity index (χ3v) is 6.44. The fourth-order valence-corrected chi connectivity index (χ4v) is 4.55.